The number of carbonyl (C=O) groups excluding carboxylic acids is 1. The minimum Gasteiger partial charge on any atom is -0.493 e. The van der Waals surface area contributed by atoms with Crippen molar-refractivity contribution in [3.8, 4) is 11.5 Å². The summed E-state index contributed by atoms with van der Waals surface area (Å²) in [6.07, 6.45) is 0.734. The van der Waals surface area contributed by atoms with Gasteiger partial charge >= 0.3 is 6.03 Å². The summed E-state index contributed by atoms with van der Waals surface area (Å²) in [7, 11) is 3.42. The summed E-state index contributed by atoms with van der Waals surface area (Å²) >= 11 is 0. The van der Waals surface area contributed by atoms with Gasteiger partial charge in [-0.05, 0) is 18.1 Å². The van der Waals surface area contributed by atoms with Crippen molar-refractivity contribution in [1.29, 1.82) is 0 Å². The van der Waals surface area contributed by atoms with Crippen molar-refractivity contribution in [2.24, 2.45) is 0 Å². The first-order valence-electron chi connectivity index (χ1n) is 8.01. The Bertz CT molecular complexity index is 703. The number of hydrogen-bond acceptors (Lipinski definition) is 3. The van der Waals surface area contributed by atoms with Crippen LogP contribution in [-0.4, -0.2) is 37.7 Å². The number of rotatable bonds is 4. The van der Waals surface area contributed by atoms with Crippen LogP contribution in [0.4, 0.5) is 4.79 Å². The Morgan fingerprint density at radius 2 is 2.04 bits per heavy atom. The van der Waals surface area contributed by atoms with Crippen LogP contribution < -0.4 is 14.8 Å². The molecule has 3 rings (SSSR count). The van der Waals surface area contributed by atoms with E-state index in [1.165, 1.54) is 0 Å². The molecule has 126 valence electrons. The predicted octanol–water partition coefficient (Wildman–Crippen LogP) is 2.84. The fraction of sp³-hybridized carbons (Fsp3) is 0.316. The highest BCUT2D eigenvalue weighted by atomic mass is 16.5. The molecule has 1 atom stereocenters. The first-order chi connectivity index (χ1) is 11.7. The van der Waals surface area contributed by atoms with Crippen LogP contribution in [0.3, 0.4) is 0 Å². The van der Waals surface area contributed by atoms with Gasteiger partial charge in [-0.1, -0.05) is 42.5 Å². The van der Waals surface area contributed by atoms with Crippen LogP contribution in [0.2, 0.25) is 0 Å². The monoisotopic (exact) mass is 326 g/mol. The molecule has 0 bridgehead atoms. The Hall–Kier alpha value is -2.69. The van der Waals surface area contributed by atoms with Gasteiger partial charge < -0.3 is 19.7 Å². The van der Waals surface area contributed by atoms with E-state index in [4.69, 9.17) is 9.47 Å². The fourth-order valence-corrected chi connectivity index (χ4v) is 2.86. The number of para-hydroxylation sites is 1. The molecule has 2 aromatic rings. The van der Waals surface area contributed by atoms with Gasteiger partial charge in [-0.3, -0.25) is 0 Å². The van der Waals surface area contributed by atoms with Gasteiger partial charge in [0.2, 0.25) is 0 Å². The van der Waals surface area contributed by atoms with Gasteiger partial charge in [0.15, 0.2) is 11.5 Å². The molecule has 5 nitrogen and oxygen atoms in total. The average Bonchev–Trinajstić information content (AvgIpc) is 2.61. The number of ether oxygens (including phenoxy) is 2. The molecule has 0 aliphatic carbocycles. The lowest BCUT2D eigenvalue weighted by atomic mass is 10.0. The Morgan fingerprint density at radius 1 is 1.25 bits per heavy atom. The summed E-state index contributed by atoms with van der Waals surface area (Å²) in [5.41, 5.74) is 2.15. The number of amides is 2. The smallest absolute Gasteiger partial charge is 0.317 e. The van der Waals surface area contributed by atoms with E-state index >= 15 is 0 Å². The Labute approximate surface area is 142 Å². The van der Waals surface area contributed by atoms with Gasteiger partial charge in [-0.2, -0.15) is 0 Å². The number of carbonyl (C=O) groups is 1. The second-order valence-electron chi connectivity index (χ2n) is 5.95. The molecule has 1 aliphatic heterocycles. The lowest BCUT2D eigenvalue weighted by molar-refractivity contribution is 0.186. The first-order valence-corrected chi connectivity index (χ1v) is 8.01. The molecular weight excluding hydrogens is 304 g/mol. The van der Waals surface area contributed by atoms with E-state index in [-0.39, 0.29) is 12.1 Å². The maximum atomic E-state index is 12.4. The zero-order valence-electron chi connectivity index (χ0n) is 14.0. The molecule has 0 fully saturated rings. The Morgan fingerprint density at radius 3 is 2.79 bits per heavy atom. The van der Waals surface area contributed by atoms with E-state index in [9.17, 15) is 4.79 Å². The normalized spacial score (nSPS) is 15.8. The Kier molecular flexibility index (Phi) is 4.89. The van der Waals surface area contributed by atoms with Gasteiger partial charge in [-0.25, -0.2) is 4.79 Å². The predicted molar refractivity (Wildman–Crippen MR) is 92.4 cm³/mol. The molecule has 1 unspecified atom stereocenters. The quantitative estimate of drug-likeness (QED) is 0.940. The molecule has 1 heterocycles. The molecule has 0 radical (unpaired) electrons. The molecule has 2 amide bonds. The van der Waals surface area contributed by atoms with Crippen LogP contribution in [0, 0.1) is 0 Å². The second-order valence-corrected chi connectivity index (χ2v) is 5.95. The molecule has 5 heteroatoms. The zero-order valence-corrected chi connectivity index (χ0v) is 14.0. The van der Waals surface area contributed by atoms with Crippen molar-refractivity contribution in [2.75, 3.05) is 20.8 Å². The molecule has 1 aliphatic rings. The van der Waals surface area contributed by atoms with Crippen LogP contribution in [0.5, 0.6) is 11.5 Å². The lowest BCUT2D eigenvalue weighted by Gasteiger charge is -2.29. The highest BCUT2D eigenvalue weighted by molar-refractivity contribution is 5.74. The Balaban J connectivity index is 1.59. The number of methoxy groups -OCH3 is 1. The van der Waals surface area contributed by atoms with Crippen LogP contribution >= 0.6 is 0 Å². The SMILES string of the molecule is COc1cccc2c1OCC(NC(=O)N(C)Cc1ccccc1)C2. The number of nitrogens with one attached hydrogen (secondary N) is 1. The summed E-state index contributed by atoms with van der Waals surface area (Å²) in [6.45, 7) is 1.02. The number of urea groups is 1. The summed E-state index contributed by atoms with van der Waals surface area (Å²) < 4.78 is 11.1. The molecule has 0 aromatic heterocycles. The molecule has 2 aromatic carbocycles. The summed E-state index contributed by atoms with van der Waals surface area (Å²) in [5.74, 6) is 1.52. The number of benzene rings is 2. The minimum atomic E-state index is -0.0983. The zero-order chi connectivity index (χ0) is 16.9. The van der Waals surface area contributed by atoms with Crippen molar-refractivity contribution in [3.05, 3.63) is 59.7 Å². The number of hydrogen-bond donors (Lipinski definition) is 1. The molecular formula is C19H22N2O3. The highest BCUT2D eigenvalue weighted by Gasteiger charge is 2.24. The van der Waals surface area contributed by atoms with Crippen molar-refractivity contribution in [2.45, 2.75) is 19.0 Å². The molecule has 0 saturated carbocycles. The van der Waals surface area contributed by atoms with Crippen molar-refractivity contribution in [1.82, 2.24) is 10.2 Å². The maximum absolute atomic E-state index is 12.4. The van der Waals surface area contributed by atoms with E-state index in [0.29, 0.717) is 13.2 Å². The van der Waals surface area contributed by atoms with E-state index in [1.54, 1.807) is 19.1 Å². The van der Waals surface area contributed by atoms with Gasteiger partial charge in [0.05, 0.1) is 13.2 Å². The third kappa shape index (κ3) is 3.62. The number of nitrogens with zero attached hydrogens (tertiary/aromatic N) is 1. The second kappa shape index (κ2) is 7.25. The van der Waals surface area contributed by atoms with Gasteiger partial charge in [0.1, 0.15) is 6.61 Å². The van der Waals surface area contributed by atoms with E-state index in [1.807, 2.05) is 48.5 Å². The third-order valence-electron chi connectivity index (χ3n) is 4.11. The molecule has 1 N–H and O–H groups in total. The van der Waals surface area contributed by atoms with E-state index in [2.05, 4.69) is 5.32 Å². The van der Waals surface area contributed by atoms with Crippen molar-refractivity contribution in [3.63, 3.8) is 0 Å². The molecule has 24 heavy (non-hydrogen) atoms. The van der Waals surface area contributed by atoms with Crippen LogP contribution in [0.1, 0.15) is 11.1 Å². The van der Waals surface area contributed by atoms with Gasteiger partial charge in [0, 0.05) is 19.2 Å². The van der Waals surface area contributed by atoms with Gasteiger partial charge in [0.25, 0.3) is 0 Å². The topological polar surface area (TPSA) is 50.8 Å². The van der Waals surface area contributed by atoms with E-state index in [0.717, 1.165) is 29.0 Å². The average molecular weight is 326 g/mol. The van der Waals surface area contributed by atoms with Crippen LogP contribution in [-0.2, 0) is 13.0 Å². The van der Waals surface area contributed by atoms with Gasteiger partial charge in [-0.15, -0.1) is 0 Å². The minimum absolute atomic E-state index is 0.0460. The number of fused-ring (bicyclic) bond motifs is 1. The van der Waals surface area contributed by atoms with E-state index < -0.39 is 0 Å². The largest absolute Gasteiger partial charge is 0.493 e. The highest BCUT2D eigenvalue weighted by Crippen LogP contribution is 2.34. The molecule has 0 saturated heterocycles. The maximum Gasteiger partial charge on any atom is 0.317 e. The fourth-order valence-electron chi connectivity index (χ4n) is 2.86. The standard InChI is InChI=1S/C19H22N2O3/c1-21(12-14-7-4-3-5-8-14)19(22)20-16-11-15-9-6-10-17(23-2)18(15)24-13-16/h3-10,16H,11-13H2,1-2H3,(H,20,22). The van der Waals surface area contributed by atoms with Crippen LogP contribution in [0.25, 0.3) is 0 Å². The lowest BCUT2D eigenvalue weighted by Crippen LogP contribution is -2.47. The van der Waals surface area contributed by atoms with Crippen LogP contribution in [0.15, 0.2) is 48.5 Å². The third-order valence-corrected chi connectivity index (χ3v) is 4.11. The van der Waals surface area contributed by atoms with Crippen molar-refractivity contribution < 1.29 is 14.3 Å². The summed E-state index contributed by atoms with van der Waals surface area (Å²) in [5, 5.41) is 3.04. The molecule has 0 spiro atoms. The summed E-state index contributed by atoms with van der Waals surface area (Å²) in [4.78, 5) is 14.1. The summed E-state index contributed by atoms with van der Waals surface area (Å²) in [6, 6.07) is 15.6. The first kappa shape index (κ1) is 16.2. The van der Waals surface area contributed by atoms with Crippen molar-refractivity contribution >= 4 is 6.03 Å².